The smallest absolute Gasteiger partial charge is 0.398 e. The Morgan fingerprint density at radius 2 is 1.76 bits per heavy atom. The summed E-state index contributed by atoms with van der Waals surface area (Å²) in [4.78, 5) is 1.77. The van der Waals surface area contributed by atoms with E-state index in [1.165, 1.54) is 12.1 Å². The van der Waals surface area contributed by atoms with Gasteiger partial charge in [0, 0.05) is 24.5 Å². The molecule has 0 saturated heterocycles. The molecule has 2 aromatic rings. The molecule has 110 valence electrons. The van der Waals surface area contributed by atoms with E-state index >= 15 is 0 Å². The highest BCUT2D eigenvalue weighted by Crippen LogP contribution is 2.38. The number of nitrogens with zero attached hydrogens (tertiary/aromatic N) is 1. The number of rotatable bonds is 1. The molecule has 0 spiro atoms. The molecule has 0 radical (unpaired) electrons. The molecule has 2 aromatic carbocycles. The Bertz CT molecular complexity index is 665. The number of nitrogen functional groups attached to an aromatic ring is 1. The second kappa shape index (κ2) is 4.98. The van der Waals surface area contributed by atoms with Crippen molar-refractivity contribution in [3.05, 3.63) is 59.2 Å². The molecular weight excluding hydrogens is 277 g/mol. The van der Waals surface area contributed by atoms with Crippen LogP contribution in [0.25, 0.3) is 0 Å². The molecule has 3 rings (SSSR count). The SMILES string of the molecule is Nc1cccc2c1CCN(c1ccccc1C(F)(F)F)C2. The topological polar surface area (TPSA) is 29.3 Å². The monoisotopic (exact) mass is 292 g/mol. The molecule has 2 N–H and O–H groups in total. The lowest BCUT2D eigenvalue weighted by atomic mass is 9.97. The maximum atomic E-state index is 13.1. The lowest BCUT2D eigenvalue weighted by Crippen LogP contribution is -2.32. The number of hydrogen-bond donors (Lipinski definition) is 1. The van der Waals surface area contributed by atoms with Crippen LogP contribution >= 0.6 is 0 Å². The molecule has 5 heteroatoms. The second-order valence-electron chi connectivity index (χ2n) is 5.17. The third kappa shape index (κ3) is 2.55. The van der Waals surface area contributed by atoms with Crippen molar-refractivity contribution in [3.8, 4) is 0 Å². The van der Waals surface area contributed by atoms with Crippen LogP contribution in [0.2, 0.25) is 0 Å². The Hall–Kier alpha value is -2.17. The van der Waals surface area contributed by atoms with Crippen LogP contribution in [0, 0.1) is 0 Å². The van der Waals surface area contributed by atoms with Gasteiger partial charge in [-0.2, -0.15) is 13.2 Å². The first-order valence-corrected chi connectivity index (χ1v) is 6.74. The van der Waals surface area contributed by atoms with E-state index < -0.39 is 11.7 Å². The summed E-state index contributed by atoms with van der Waals surface area (Å²) in [6, 6.07) is 11.3. The number of hydrogen-bond acceptors (Lipinski definition) is 2. The molecule has 0 saturated carbocycles. The van der Waals surface area contributed by atoms with Crippen LogP contribution in [0.15, 0.2) is 42.5 Å². The summed E-state index contributed by atoms with van der Waals surface area (Å²) in [7, 11) is 0. The third-order valence-electron chi connectivity index (χ3n) is 3.85. The highest BCUT2D eigenvalue weighted by atomic mass is 19.4. The van der Waals surface area contributed by atoms with E-state index in [2.05, 4.69) is 0 Å². The predicted molar refractivity (Wildman–Crippen MR) is 77.1 cm³/mol. The van der Waals surface area contributed by atoms with Crippen molar-refractivity contribution in [2.75, 3.05) is 17.2 Å². The molecule has 0 unspecified atom stereocenters. The molecule has 0 amide bonds. The molecule has 1 aliphatic rings. The van der Waals surface area contributed by atoms with Crippen molar-refractivity contribution in [1.29, 1.82) is 0 Å². The van der Waals surface area contributed by atoms with Gasteiger partial charge in [0.2, 0.25) is 0 Å². The van der Waals surface area contributed by atoms with Crippen LogP contribution in [0.3, 0.4) is 0 Å². The van der Waals surface area contributed by atoms with Crippen molar-refractivity contribution in [1.82, 2.24) is 0 Å². The number of benzene rings is 2. The van der Waals surface area contributed by atoms with Gasteiger partial charge in [-0.3, -0.25) is 0 Å². The lowest BCUT2D eigenvalue weighted by molar-refractivity contribution is -0.137. The fourth-order valence-electron chi connectivity index (χ4n) is 2.83. The van der Waals surface area contributed by atoms with Gasteiger partial charge in [-0.15, -0.1) is 0 Å². The maximum Gasteiger partial charge on any atom is 0.418 e. The minimum atomic E-state index is -4.34. The maximum absolute atomic E-state index is 13.1. The fraction of sp³-hybridized carbons (Fsp3) is 0.250. The van der Waals surface area contributed by atoms with Gasteiger partial charge in [-0.25, -0.2) is 0 Å². The predicted octanol–water partition coefficient (Wildman–Crippen LogP) is 3.85. The number of anilines is 2. The Labute approximate surface area is 121 Å². The van der Waals surface area contributed by atoms with Crippen LogP contribution in [0.1, 0.15) is 16.7 Å². The van der Waals surface area contributed by atoms with Crippen LogP contribution in [0.5, 0.6) is 0 Å². The quantitative estimate of drug-likeness (QED) is 0.809. The first kappa shape index (κ1) is 13.8. The fourth-order valence-corrected chi connectivity index (χ4v) is 2.83. The molecule has 21 heavy (non-hydrogen) atoms. The zero-order valence-corrected chi connectivity index (χ0v) is 11.3. The van der Waals surface area contributed by atoms with E-state index in [1.54, 1.807) is 11.0 Å². The Morgan fingerprint density at radius 1 is 1.00 bits per heavy atom. The molecule has 2 nitrogen and oxygen atoms in total. The Balaban J connectivity index is 1.98. The largest absolute Gasteiger partial charge is 0.418 e. The van der Waals surface area contributed by atoms with Gasteiger partial charge in [0.05, 0.1) is 5.56 Å². The normalized spacial score (nSPS) is 14.9. The average Bonchev–Trinajstić information content (AvgIpc) is 2.46. The number of alkyl halides is 3. The van der Waals surface area contributed by atoms with Gasteiger partial charge >= 0.3 is 6.18 Å². The van der Waals surface area contributed by atoms with Crippen LogP contribution in [0.4, 0.5) is 24.5 Å². The molecule has 0 fully saturated rings. The van der Waals surface area contributed by atoms with Crippen molar-refractivity contribution < 1.29 is 13.2 Å². The van der Waals surface area contributed by atoms with Gasteiger partial charge in [-0.05, 0) is 35.7 Å². The molecule has 1 aliphatic heterocycles. The zero-order chi connectivity index (χ0) is 15.0. The number of para-hydroxylation sites is 1. The van der Waals surface area contributed by atoms with Gasteiger partial charge in [0.1, 0.15) is 0 Å². The van der Waals surface area contributed by atoms with Crippen LogP contribution in [-0.4, -0.2) is 6.54 Å². The summed E-state index contributed by atoms with van der Waals surface area (Å²) in [6.45, 7) is 0.988. The van der Waals surface area contributed by atoms with Gasteiger partial charge in [-0.1, -0.05) is 24.3 Å². The van der Waals surface area contributed by atoms with E-state index in [9.17, 15) is 13.2 Å². The number of fused-ring (bicyclic) bond motifs is 1. The van der Waals surface area contributed by atoms with Crippen LogP contribution < -0.4 is 10.6 Å². The summed E-state index contributed by atoms with van der Waals surface area (Å²) in [6.07, 6.45) is -3.68. The van der Waals surface area contributed by atoms with Crippen LogP contribution in [-0.2, 0) is 19.1 Å². The van der Waals surface area contributed by atoms with E-state index in [0.717, 1.165) is 22.9 Å². The Kier molecular flexibility index (Phi) is 3.27. The van der Waals surface area contributed by atoms with Gasteiger partial charge in [0.25, 0.3) is 0 Å². The minimum absolute atomic E-state index is 0.234. The summed E-state index contributed by atoms with van der Waals surface area (Å²) in [5, 5.41) is 0. The highest BCUT2D eigenvalue weighted by molar-refractivity contribution is 5.59. The molecule has 1 heterocycles. The van der Waals surface area contributed by atoms with Crippen molar-refractivity contribution in [2.45, 2.75) is 19.1 Å². The standard InChI is InChI=1S/C16H15F3N2/c17-16(18,19)13-5-1-2-7-15(13)21-9-8-12-11(10-21)4-3-6-14(12)20/h1-7H,8-10,20H2. The second-order valence-corrected chi connectivity index (χ2v) is 5.17. The molecule has 0 aliphatic carbocycles. The van der Waals surface area contributed by atoms with Crippen molar-refractivity contribution >= 4 is 11.4 Å². The van der Waals surface area contributed by atoms with Gasteiger partial charge in [0.15, 0.2) is 0 Å². The first-order valence-electron chi connectivity index (χ1n) is 6.74. The average molecular weight is 292 g/mol. The van der Waals surface area contributed by atoms with E-state index in [0.29, 0.717) is 19.5 Å². The summed E-state index contributed by atoms with van der Waals surface area (Å²) in [5.74, 6) is 0. The summed E-state index contributed by atoms with van der Waals surface area (Å²) in [5.41, 5.74) is 8.35. The highest BCUT2D eigenvalue weighted by Gasteiger charge is 2.35. The molecular formula is C16H15F3N2. The first-order chi connectivity index (χ1) is 9.97. The lowest BCUT2D eigenvalue weighted by Gasteiger charge is -2.33. The molecule has 0 bridgehead atoms. The summed E-state index contributed by atoms with van der Waals surface area (Å²) >= 11 is 0. The van der Waals surface area contributed by atoms with Crippen molar-refractivity contribution in [3.63, 3.8) is 0 Å². The zero-order valence-electron chi connectivity index (χ0n) is 11.3. The van der Waals surface area contributed by atoms with Crippen molar-refractivity contribution in [2.24, 2.45) is 0 Å². The Morgan fingerprint density at radius 3 is 2.52 bits per heavy atom. The van der Waals surface area contributed by atoms with E-state index in [4.69, 9.17) is 5.73 Å². The number of nitrogens with two attached hydrogens (primary N) is 1. The number of halogens is 3. The minimum Gasteiger partial charge on any atom is -0.398 e. The van der Waals surface area contributed by atoms with Gasteiger partial charge < -0.3 is 10.6 Å². The molecule has 0 atom stereocenters. The van der Waals surface area contributed by atoms with E-state index in [1.807, 2.05) is 18.2 Å². The molecule has 0 aromatic heterocycles. The summed E-state index contributed by atoms with van der Waals surface area (Å²) < 4.78 is 39.4. The van der Waals surface area contributed by atoms with E-state index in [-0.39, 0.29) is 5.69 Å². The third-order valence-corrected chi connectivity index (χ3v) is 3.85.